The minimum atomic E-state index is -1.35. The van der Waals surface area contributed by atoms with Crippen LogP contribution in [0.2, 0.25) is 0 Å². The summed E-state index contributed by atoms with van der Waals surface area (Å²) in [5, 5.41) is 0. The second kappa shape index (κ2) is 11.8. The maximum Gasteiger partial charge on any atom is 0.162 e. The molecule has 3 heterocycles. The number of ether oxygens (including phenoxy) is 6. The molecule has 0 bridgehead atoms. The molecule has 3 aliphatic rings. The smallest absolute Gasteiger partial charge is 0.162 e. The SMILES string of the molecule is CCCCCOc1cc2c(cc1OCC1CO1)-c1cc(OCC3CO3)c(OCCCCC)cc1S2=O. The van der Waals surface area contributed by atoms with Gasteiger partial charge in [0, 0.05) is 23.3 Å². The summed E-state index contributed by atoms with van der Waals surface area (Å²) in [6, 6.07) is 7.65. The van der Waals surface area contributed by atoms with E-state index in [-0.39, 0.29) is 12.2 Å². The van der Waals surface area contributed by atoms with E-state index in [1.165, 1.54) is 0 Å². The Hall–Kier alpha value is -2.29. The van der Waals surface area contributed by atoms with Crippen LogP contribution in [-0.2, 0) is 20.3 Å². The van der Waals surface area contributed by atoms with Crippen molar-refractivity contribution in [3.63, 3.8) is 0 Å². The molecule has 2 saturated heterocycles. The summed E-state index contributed by atoms with van der Waals surface area (Å²) in [5.41, 5.74) is 1.75. The van der Waals surface area contributed by atoms with Crippen molar-refractivity contribution in [2.75, 3.05) is 39.6 Å². The van der Waals surface area contributed by atoms with Gasteiger partial charge in [0.25, 0.3) is 0 Å². The molecule has 7 nitrogen and oxygen atoms in total. The Balaban J connectivity index is 1.44. The van der Waals surface area contributed by atoms with Gasteiger partial charge in [0.15, 0.2) is 23.0 Å². The van der Waals surface area contributed by atoms with Gasteiger partial charge in [-0.2, -0.15) is 0 Å². The van der Waals surface area contributed by atoms with Gasteiger partial charge < -0.3 is 28.4 Å². The number of rotatable bonds is 16. The molecule has 0 saturated carbocycles. The first-order chi connectivity index (χ1) is 17.7. The van der Waals surface area contributed by atoms with Crippen LogP contribution in [0.5, 0.6) is 23.0 Å². The van der Waals surface area contributed by atoms with Gasteiger partial charge in [-0.3, -0.25) is 0 Å². The van der Waals surface area contributed by atoms with Gasteiger partial charge in [-0.25, -0.2) is 4.21 Å². The summed E-state index contributed by atoms with van der Waals surface area (Å²) in [4.78, 5) is 1.45. The van der Waals surface area contributed by atoms with Crippen LogP contribution in [0.1, 0.15) is 52.4 Å². The van der Waals surface area contributed by atoms with Crippen molar-refractivity contribution in [2.24, 2.45) is 0 Å². The average molecular weight is 517 g/mol. The topological polar surface area (TPSA) is 79.1 Å². The van der Waals surface area contributed by atoms with Crippen molar-refractivity contribution in [1.29, 1.82) is 0 Å². The van der Waals surface area contributed by atoms with Crippen molar-refractivity contribution in [3.8, 4) is 34.1 Å². The molecule has 196 valence electrons. The van der Waals surface area contributed by atoms with Crippen molar-refractivity contribution in [1.82, 2.24) is 0 Å². The third-order valence-electron chi connectivity index (χ3n) is 6.45. The van der Waals surface area contributed by atoms with Crippen LogP contribution in [0.15, 0.2) is 34.1 Å². The predicted octanol–water partition coefficient (Wildman–Crippen LogP) is 5.53. The molecule has 2 aromatic carbocycles. The quantitative estimate of drug-likeness (QED) is 0.183. The molecule has 5 rings (SSSR count). The molecule has 0 aliphatic carbocycles. The normalized spacial score (nSPS) is 21.0. The number of hydrogen-bond acceptors (Lipinski definition) is 7. The number of fused-ring (bicyclic) bond motifs is 3. The van der Waals surface area contributed by atoms with E-state index >= 15 is 0 Å². The second-order valence-electron chi connectivity index (χ2n) is 9.50. The van der Waals surface area contributed by atoms with Gasteiger partial charge in [0.1, 0.15) is 25.4 Å². The summed E-state index contributed by atoms with van der Waals surface area (Å²) >= 11 is 0. The lowest BCUT2D eigenvalue weighted by atomic mass is 10.0. The Kier molecular flexibility index (Phi) is 8.34. The van der Waals surface area contributed by atoms with E-state index in [1.54, 1.807) is 0 Å². The Bertz CT molecular complexity index is 995. The zero-order valence-electron chi connectivity index (χ0n) is 21.2. The van der Waals surface area contributed by atoms with Gasteiger partial charge in [-0.05, 0) is 25.0 Å². The summed E-state index contributed by atoms with van der Waals surface area (Å²) in [7, 11) is -1.35. The minimum Gasteiger partial charge on any atom is -0.490 e. The number of hydrogen-bond donors (Lipinski definition) is 0. The van der Waals surface area contributed by atoms with Crippen LogP contribution in [0.4, 0.5) is 0 Å². The molecule has 0 amide bonds. The molecule has 2 fully saturated rings. The third kappa shape index (κ3) is 6.15. The summed E-state index contributed by atoms with van der Waals surface area (Å²) in [6.07, 6.45) is 6.63. The fourth-order valence-electron chi connectivity index (χ4n) is 4.14. The van der Waals surface area contributed by atoms with Crippen LogP contribution < -0.4 is 18.9 Å². The summed E-state index contributed by atoms with van der Waals surface area (Å²) in [6.45, 7) is 7.90. The molecule has 2 atom stereocenters. The molecule has 0 aromatic heterocycles. The third-order valence-corrected chi connectivity index (χ3v) is 7.92. The molecule has 2 aromatic rings. The highest BCUT2D eigenvalue weighted by Gasteiger charge is 2.32. The van der Waals surface area contributed by atoms with Crippen LogP contribution in [-0.4, -0.2) is 56.1 Å². The predicted molar refractivity (Wildman–Crippen MR) is 137 cm³/mol. The van der Waals surface area contributed by atoms with E-state index in [1.807, 2.05) is 24.3 Å². The first-order valence-corrected chi connectivity index (χ1v) is 14.4. The molecule has 3 aliphatic heterocycles. The Morgan fingerprint density at radius 1 is 0.694 bits per heavy atom. The van der Waals surface area contributed by atoms with Crippen LogP contribution in [0, 0.1) is 0 Å². The Morgan fingerprint density at radius 3 is 1.50 bits per heavy atom. The molecular formula is C28H36O7S. The first-order valence-electron chi connectivity index (χ1n) is 13.2. The first kappa shape index (κ1) is 25.4. The van der Waals surface area contributed by atoms with E-state index in [0.717, 1.165) is 72.7 Å². The summed E-state index contributed by atoms with van der Waals surface area (Å²) in [5.74, 6) is 2.56. The van der Waals surface area contributed by atoms with Crippen LogP contribution >= 0.6 is 0 Å². The van der Waals surface area contributed by atoms with E-state index in [9.17, 15) is 4.21 Å². The number of unbranched alkanes of at least 4 members (excludes halogenated alkanes) is 4. The molecule has 0 spiro atoms. The molecule has 0 radical (unpaired) electrons. The van der Waals surface area contributed by atoms with Gasteiger partial charge in [0.05, 0.1) is 47.0 Å². The van der Waals surface area contributed by atoms with Crippen LogP contribution in [0.3, 0.4) is 0 Å². The van der Waals surface area contributed by atoms with Crippen molar-refractivity contribution in [3.05, 3.63) is 24.3 Å². The van der Waals surface area contributed by atoms with Gasteiger partial charge >= 0.3 is 0 Å². The molecule has 8 heteroatoms. The maximum absolute atomic E-state index is 13.6. The lowest BCUT2D eigenvalue weighted by Gasteiger charge is -2.15. The van der Waals surface area contributed by atoms with Gasteiger partial charge in [-0.1, -0.05) is 39.5 Å². The van der Waals surface area contributed by atoms with Gasteiger partial charge in [-0.15, -0.1) is 0 Å². The van der Waals surface area contributed by atoms with Gasteiger partial charge in [0.2, 0.25) is 0 Å². The van der Waals surface area contributed by atoms with Crippen molar-refractivity contribution >= 4 is 10.8 Å². The zero-order valence-corrected chi connectivity index (χ0v) is 22.0. The van der Waals surface area contributed by atoms with E-state index in [0.29, 0.717) is 49.4 Å². The Labute approximate surface area is 215 Å². The highest BCUT2D eigenvalue weighted by molar-refractivity contribution is 7.85. The molecule has 0 N–H and O–H groups in total. The minimum absolute atomic E-state index is 0.129. The van der Waals surface area contributed by atoms with Crippen molar-refractivity contribution < 1.29 is 32.6 Å². The fraction of sp³-hybridized carbons (Fsp3) is 0.571. The Morgan fingerprint density at radius 2 is 1.11 bits per heavy atom. The van der Waals surface area contributed by atoms with Crippen LogP contribution in [0.25, 0.3) is 11.1 Å². The largest absolute Gasteiger partial charge is 0.490 e. The molecule has 2 unspecified atom stereocenters. The second-order valence-corrected chi connectivity index (χ2v) is 10.9. The fourth-order valence-corrected chi connectivity index (χ4v) is 5.54. The highest BCUT2D eigenvalue weighted by atomic mass is 32.2. The van der Waals surface area contributed by atoms with E-state index < -0.39 is 10.8 Å². The average Bonchev–Trinajstić information content (AvgIpc) is 3.82. The zero-order chi connectivity index (χ0) is 24.9. The van der Waals surface area contributed by atoms with E-state index in [2.05, 4.69) is 13.8 Å². The lowest BCUT2D eigenvalue weighted by molar-refractivity contribution is 0.239. The molecular weight excluding hydrogens is 480 g/mol. The monoisotopic (exact) mass is 516 g/mol. The number of epoxide rings is 2. The molecule has 36 heavy (non-hydrogen) atoms. The summed E-state index contributed by atoms with van der Waals surface area (Å²) < 4.78 is 48.6. The maximum atomic E-state index is 13.6. The van der Waals surface area contributed by atoms with E-state index in [4.69, 9.17) is 28.4 Å². The standard InChI is InChI=1S/C28H36O7S/c1-3-5-7-9-30-25-13-27-21(11-23(25)34-17-19-15-32-19)22-12-24(35-18-20-16-33-20)26(14-28(22)36(27)29)31-10-8-6-4-2/h11-14,19-20H,3-10,15-18H2,1-2H3. The highest BCUT2D eigenvalue weighted by Crippen LogP contribution is 2.49. The number of benzene rings is 2. The van der Waals surface area contributed by atoms with Crippen molar-refractivity contribution in [2.45, 2.75) is 74.4 Å². The lowest BCUT2D eigenvalue weighted by Crippen LogP contribution is -2.07.